The molecule has 0 saturated heterocycles. The topological polar surface area (TPSA) is 91.1 Å². The van der Waals surface area contributed by atoms with Crippen LogP contribution in [0.15, 0.2) is 30.5 Å². The highest BCUT2D eigenvalue weighted by Crippen LogP contribution is 2.33. The second-order valence-corrected chi connectivity index (χ2v) is 5.01. The minimum absolute atomic E-state index is 0.124. The molecule has 0 radical (unpaired) electrons. The van der Waals surface area contributed by atoms with Crippen molar-refractivity contribution in [3.8, 4) is 28.7 Å². The summed E-state index contributed by atoms with van der Waals surface area (Å²) < 4.78 is 38.2. The summed E-state index contributed by atoms with van der Waals surface area (Å²) >= 11 is 6.14. The SMILES string of the molecule is N#Cc1[nH]nnc1-c1ccc(-c2nccc(C(F)(F)F)n2)c(Cl)c1. The van der Waals surface area contributed by atoms with Gasteiger partial charge in [-0.05, 0) is 18.2 Å². The van der Waals surface area contributed by atoms with Crippen LogP contribution in [0.4, 0.5) is 13.2 Å². The molecule has 0 unspecified atom stereocenters. The molecule has 3 rings (SSSR count). The van der Waals surface area contributed by atoms with Crippen molar-refractivity contribution in [2.45, 2.75) is 6.18 Å². The molecule has 120 valence electrons. The number of nitrogens with zero attached hydrogens (tertiary/aromatic N) is 5. The van der Waals surface area contributed by atoms with Gasteiger partial charge in [-0.1, -0.05) is 22.9 Å². The van der Waals surface area contributed by atoms with E-state index >= 15 is 0 Å². The van der Waals surface area contributed by atoms with Crippen LogP contribution in [-0.4, -0.2) is 25.4 Å². The average molecular weight is 351 g/mol. The lowest BCUT2D eigenvalue weighted by molar-refractivity contribution is -0.141. The van der Waals surface area contributed by atoms with E-state index in [1.807, 2.05) is 6.07 Å². The molecule has 2 aromatic heterocycles. The van der Waals surface area contributed by atoms with Crippen LogP contribution in [-0.2, 0) is 6.18 Å². The largest absolute Gasteiger partial charge is 0.433 e. The third-order valence-electron chi connectivity index (χ3n) is 3.09. The van der Waals surface area contributed by atoms with E-state index in [9.17, 15) is 13.2 Å². The number of alkyl halides is 3. The standard InChI is InChI=1S/C14H6ClF3N6/c15-9-5-7(12-10(6-19)22-24-23-12)1-2-8(9)13-20-4-3-11(21-13)14(16,17)18/h1-5H,(H,22,23,24). The van der Waals surface area contributed by atoms with Gasteiger partial charge in [0.25, 0.3) is 0 Å². The summed E-state index contributed by atoms with van der Waals surface area (Å²) in [6, 6.07) is 7.13. The second-order valence-electron chi connectivity index (χ2n) is 4.61. The van der Waals surface area contributed by atoms with E-state index in [-0.39, 0.29) is 27.8 Å². The summed E-state index contributed by atoms with van der Waals surface area (Å²) in [5.41, 5.74) is 0.0931. The van der Waals surface area contributed by atoms with Crippen LogP contribution < -0.4 is 0 Å². The monoisotopic (exact) mass is 350 g/mol. The predicted octanol–water partition coefficient (Wildman–Crippen LogP) is 3.47. The average Bonchev–Trinajstić information content (AvgIpc) is 3.02. The van der Waals surface area contributed by atoms with Crippen molar-refractivity contribution in [3.05, 3.63) is 46.9 Å². The van der Waals surface area contributed by atoms with Gasteiger partial charge >= 0.3 is 6.18 Å². The first-order valence-electron chi connectivity index (χ1n) is 6.42. The summed E-state index contributed by atoms with van der Waals surface area (Å²) in [6.45, 7) is 0. The molecule has 0 fully saturated rings. The van der Waals surface area contributed by atoms with Crippen molar-refractivity contribution in [3.63, 3.8) is 0 Å². The van der Waals surface area contributed by atoms with Crippen LogP contribution in [0.5, 0.6) is 0 Å². The first-order chi connectivity index (χ1) is 11.4. The molecule has 0 aliphatic carbocycles. The third kappa shape index (κ3) is 2.91. The normalized spacial score (nSPS) is 11.3. The van der Waals surface area contributed by atoms with Crippen LogP contribution in [0.25, 0.3) is 22.6 Å². The number of aromatic nitrogens is 5. The zero-order valence-electron chi connectivity index (χ0n) is 11.6. The molecule has 0 atom stereocenters. The molecule has 2 heterocycles. The van der Waals surface area contributed by atoms with Crippen molar-refractivity contribution in [2.24, 2.45) is 0 Å². The Labute approximate surface area is 137 Å². The first kappa shape index (κ1) is 15.9. The van der Waals surface area contributed by atoms with Crippen molar-refractivity contribution in [1.82, 2.24) is 25.4 Å². The van der Waals surface area contributed by atoms with Gasteiger partial charge in [0.1, 0.15) is 17.5 Å². The first-order valence-corrected chi connectivity index (χ1v) is 6.79. The zero-order valence-corrected chi connectivity index (χ0v) is 12.4. The third-order valence-corrected chi connectivity index (χ3v) is 3.40. The quantitative estimate of drug-likeness (QED) is 0.764. The number of aromatic amines is 1. The van der Waals surface area contributed by atoms with Gasteiger partial charge in [0, 0.05) is 17.3 Å². The van der Waals surface area contributed by atoms with E-state index < -0.39 is 11.9 Å². The summed E-state index contributed by atoms with van der Waals surface area (Å²) in [5.74, 6) is -0.151. The lowest BCUT2D eigenvalue weighted by atomic mass is 10.1. The molecule has 0 aliphatic heterocycles. The number of nitrogens with one attached hydrogen (secondary N) is 1. The van der Waals surface area contributed by atoms with Crippen LogP contribution in [0, 0.1) is 11.3 Å². The second kappa shape index (κ2) is 5.90. The molecule has 0 spiro atoms. The van der Waals surface area contributed by atoms with Gasteiger partial charge in [-0.25, -0.2) is 15.1 Å². The Morgan fingerprint density at radius 3 is 2.67 bits per heavy atom. The summed E-state index contributed by atoms with van der Waals surface area (Å²) in [7, 11) is 0. The zero-order chi connectivity index (χ0) is 17.3. The van der Waals surface area contributed by atoms with Gasteiger partial charge in [-0.15, -0.1) is 5.10 Å². The molecular formula is C14H6ClF3N6. The van der Waals surface area contributed by atoms with Crippen LogP contribution in [0.1, 0.15) is 11.4 Å². The summed E-state index contributed by atoms with van der Waals surface area (Å²) in [6.07, 6.45) is -3.56. The Hall–Kier alpha value is -2.99. The Bertz CT molecular complexity index is 944. The molecule has 0 bridgehead atoms. The highest BCUT2D eigenvalue weighted by molar-refractivity contribution is 6.33. The van der Waals surface area contributed by atoms with Gasteiger partial charge in [0.05, 0.1) is 5.02 Å². The van der Waals surface area contributed by atoms with Gasteiger partial charge in [-0.3, -0.25) is 0 Å². The molecular weight excluding hydrogens is 345 g/mol. The minimum atomic E-state index is -4.58. The lowest BCUT2D eigenvalue weighted by Gasteiger charge is -2.08. The maximum Gasteiger partial charge on any atom is 0.433 e. The molecule has 24 heavy (non-hydrogen) atoms. The van der Waals surface area contributed by atoms with Gasteiger partial charge in [0.15, 0.2) is 11.5 Å². The van der Waals surface area contributed by atoms with E-state index in [2.05, 4.69) is 25.4 Å². The van der Waals surface area contributed by atoms with Gasteiger partial charge < -0.3 is 0 Å². The molecule has 3 aromatic rings. The predicted molar refractivity (Wildman–Crippen MR) is 77.6 cm³/mol. The van der Waals surface area contributed by atoms with E-state index in [1.165, 1.54) is 12.1 Å². The van der Waals surface area contributed by atoms with Crippen LogP contribution in [0.3, 0.4) is 0 Å². The minimum Gasteiger partial charge on any atom is -0.247 e. The van der Waals surface area contributed by atoms with E-state index in [1.54, 1.807) is 6.07 Å². The number of nitriles is 1. The number of hydrogen-bond acceptors (Lipinski definition) is 5. The Morgan fingerprint density at radius 2 is 2.00 bits per heavy atom. The van der Waals surface area contributed by atoms with E-state index in [0.717, 1.165) is 12.3 Å². The van der Waals surface area contributed by atoms with Crippen molar-refractivity contribution in [2.75, 3.05) is 0 Å². The fraction of sp³-hybridized carbons (Fsp3) is 0.0714. The molecule has 1 aromatic carbocycles. The fourth-order valence-corrected chi connectivity index (χ4v) is 2.26. The van der Waals surface area contributed by atoms with E-state index in [0.29, 0.717) is 5.56 Å². The van der Waals surface area contributed by atoms with Crippen LogP contribution >= 0.6 is 11.6 Å². The van der Waals surface area contributed by atoms with Crippen molar-refractivity contribution < 1.29 is 13.2 Å². The fourth-order valence-electron chi connectivity index (χ4n) is 2.00. The molecule has 0 saturated carbocycles. The summed E-state index contributed by atoms with van der Waals surface area (Å²) in [5, 5.41) is 18.8. The number of hydrogen-bond donors (Lipinski definition) is 1. The van der Waals surface area contributed by atoms with Crippen molar-refractivity contribution >= 4 is 11.6 Å². The van der Waals surface area contributed by atoms with Crippen LogP contribution in [0.2, 0.25) is 5.02 Å². The maximum absolute atomic E-state index is 12.7. The van der Waals surface area contributed by atoms with Gasteiger partial charge in [0.2, 0.25) is 0 Å². The Balaban J connectivity index is 2.04. The number of rotatable bonds is 2. The smallest absolute Gasteiger partial charge is 0.247 e. The Morgan fingerprint density at radius 1 is 1.21 bits per heavy atom. The molecule has 0 aliphatic rings. The molecule has 6 nitrogen and oxygen atoms in total. The lowest BCUT2D eigenvalue weighted by Crippen LogP contribution is -2.09. The number of benzene rings is 1. The highest BCUT2D eigenvalue weighted by Gasteiger charge is 2.33. The van der Waals surface area contributed by atoms with Gasteiger partial charge in [-0.2, -0.15) is 18.4 Å². The molecule has 10 heteroatoms. The number of H-pyrrole nitrogens is 1. The summed E-state index contributed by atoms with van der Waals surface area (Å²) in [4.78, 5) is 7.32. The molecule has 1 N–H and O–H groups in total. The van der Waals surface area contributed by atoms with Crippen molar-refractivity contribution in [1.29, 1.82) is 5.26 Å². The Kier molecular flexibility index (Phi) is 3.91. The maximum atomic E-state index is 12.7. The number of halogens is 4. The van der Waals surface area contributed by atoms with E-state index in [4.69, 9.17) is 16.9 Å². The highest BCUT2D eigenvalue weighted by atomic mass is 35.5. The molecule has 0 amide bonds.